The Hall–Kier alpha value is -4.38. The SMILES string of the molecule is N#Cc1ccc(N2CCCC3(CCN(C(=O)C4CCC4)CC3)COc3ccccc3C(=O)N(Cc3ccccc3)CC2)nc1. The number of benzene rings is 2. The number of anilines is 1. The number of para-hydroxylation sites is 1. The van der Waals surface area contributed by atoms with Gasteiger partial charge in [-0.1, -0.05) is 48.9 Å². The standard InChI is InChI=1S/C36H41N5O3/c37-24-29-14-15-33(38-25-29)39-19-7-16-36(17-20-40(21-18-36)34(42)30-10-6-11-30)27-44-32-13-5-4-12-31(32)35(43)41(23-22-39)26-28-8-2-1-3-9-28/h1-5,8-9,12-15,25,30H,6-7,10-11,16-23,26-27H2. The molecule has 2 aliphatic heterocycles. The number of pyridine rings is 1. The van der Waals surface area contributed by atoms with Crippen molar-refractivity contribution in [3.8, 4) is 11.8 Å². The summed E-state index contributed by atoms with van der Waals surface area (Å²) in [5.74, 6) is 1.89. The van der Waals surface area contributed by atoms with Gasteiger partial charge >= 0.3 is 0 Å². The van der Waals surface area contributed by atoms with Crippen molar-refractivity contribution in [2.45, 2.75) is 51.5 Å². The van der Waals surface area contributed by atoms with Gasteiger partial charge in [0, 0.05) is 56.8 Å². The predicted molar refractivity (Wildman–Crippen MR) is 169 cm³/mol. The molecule has 2 aromatic carbocycles. The Bertz CT molecular complexity index is 1470. The average molecular weight is 592 g/mol. The Balaban J connectivity index is 1.28. The van der Waals surface area contributed by atoms with Crippen molar-refractivity contribution < 1.29 is 14.3 Å². The van der Waals surface area contributed by atoms with Gasteiger partial charge in [0.2, 0.25) is 5.91 Å². The summed E-state index contributed by atoms with van der Waals surface area (Å²) < 4.78 is 6.57. The third-order valence-corrected chi connectivity index (χ3v) is 9.72. The molecule has 3 heterocycles. The Labute approximate surface area is 260 Å². The molecule has 1 saturated carbocycles. The quantitative estimate of drug-likeness (QED) is 0.388. The summed E-state index contributed by atoms with van der Waals surface area (Å²) in [4.78, 5) is 38.0. The van der Waals surface area contributed by atoms with E-state index in [2.05, 4.69) is 20.9 Å². The zero-order chi connectivity index (χ0) is 30.4. The molecule has 1 spiro atoms. The zero-order valence-corrected chi connectivity index (χ0v) is 25.4. The maximum Gasteiger partial charge on any atom is 0.257 e. The monoisotopic (exact) mass is 591 g/mol. The van der Waals surface area contributed by atoms with Gasteiger partial charge in [-0.25, -0.2) is 4.98 Å². The summed E-state index contributed by atoms with van der Waals surface area (Å²) in [5, 5.41) is 9.32. The summed E-state index contributed by atoms with van der Waals surface area (Å²) in [6.07, 6.45) is 8.47. The first-order valence-electron chi connectivity index (χ1n) is 16.0. The summed E-state index contributed by atoms with van der Waals surface area (Å²) in [6, 6.07) is 23.5. The highest BCUT2D eigenvalue weighted by Gasteiger charge is 2.39. The van der Waals surface area contributed by atoms with Crippen LogP contribution in [0.25, 0.3) is 0 Å². The predicted octanol–water partition coefficient (Wildman–Crippen LogP) is 5.68. The second kappa shape index (κ2) is 13.5. The lowest BCUT2D eigenvalue weighted by molar-refractivity contribution is -0.141. The van der Waals surface area contributed by atoms with Crippen LogP contribution >= 0.6 is 0 Å². The van der Waals surface area contributed by atoms with Crippen molar-refractivity contribution in [2.75, 3.05) is 44.2 Å². The number of carbonyl (C=O) groups excluding carboxylic acids is 2. The van der Waals surface area contributed by atoms with Crippen LogP contribution in [0, 0.1) is 22.7 Å². The Kier molecular flexibility index (Phi) is 9.11. The minimum absolute atomic E-state index is 0.0635. The van der Waals surface area contributed by atoms with Crippen molar-refractivity contribution in [1.82, 2.24) is 14.8 Å². The van der Waals surface area contributed by atoms with E-state index in [1.54, 1.807) is 12.3 Å². The molecule has 0 atom stereocenters. The average Bonchev–Trinajstić information content (AvgIpc) is 3.05. The molecular formula is C36H41N5O3. The first-order chi connectivity index (χ1) is 21.5. The summed E-state index contributed by atoms with van der Waals surface area (Å²) in [5.41, 5.74) is 2.07. The first kappa shape index (κ1) is 29.7. The lowest BCUT2D eigenvalue weighted by atomic mass is 9.74. The minimum atomic E-state index is -0.0892. The van der Waals surface area contributed by atoms with Crippen LogP contribution in [0.5, 0.6) is 5.75 Å². The molecule has 6 rings (SSSR count). The van der Waals surface area contributed by atoms with Gasteiger partial charge in [0.25, 0.3) is 5.91 Å². The molecule has 0 unspecified atom stereocenters. The normalized spacial score (nSPS) is 19.4. The highest BCUT2D eigenvalue weighted by Crippen LogP contribution is 2.39. The van der Waals surface area contributed by atoms with Crippen molar-refractivity contribution in [2.24, 2.45) is 11.3 Å². The van der Waals surface area contributed by atoms with Crippen LogP contribution in [-0.2, 0) is 11.3 Å². The van der Waals surface area contributed by atoms with Crippen LogP contribution in [0.2, 0.25) is 0 Å². The third kappa shape index (κ3) is 6.72. The van der Waals surface area contributed by atoms with Crippen molar-refractivity contribution in [3.63, 3.8) is 0 Å². The molecule has 0 radical (unpaired) electrons. The lowest BCUT2D eigenvalue weighted by Gasteiger charge is -2.43. The largest absolute Gasteiger partial charge is 0.492 e. The highest BCUT2D eigenvalue weighted by molar-refractivity contribution is 5.97. The van der Waals surface area contributed by atoms with Crippen LogP contribution in [0.3, 0.4) is 0 Å². The van der Waals surface area contributed by atoms with E-state index in [1.165, 1.54) is 0 Å². The molecule has 2 fully saturated rings. The number of likely N-dealkylation sites (tertiary alicyclic amines) is 1. The van der Waals surface area contributed by atoms with Gasteiger partial charge in [0.15, 0.2) is 0 Å². The zero-order valence-electron chi connectivity index (χ0n) is 25.4. The van der Waals surface area contributed by atoms with Gasteiger partial charge in [-0.15, -0.1) is 0 Å². The van der Waals surface area contributed by atoms with Gasteiger partial charge in [-0.3, -0.25) is 9.59 Å². The number of hydrogen-bond donors (Lipinski definition) is 0. The van der Waals surface area contributed by atoms with Crippen molar-refractivity contribution >= 4 is 17.6 Å². The molecule has 44 heavy (non-hydrogen) atoms. The van der Waals surface area contributed by atoms with E-state index in [9.17, 15) is 14.9 Å². The van der Waals surface area contributed by atoms with Crippen LogP contribution in [0.1, 0.15) is 66.4 Å². The Morgan fingerprint density at radius 3 is 2.39 bits per heavy atom. The molecule has 8 heteroatoms. The van der Waals surface area contributed by atoms with E-state index in [4.69, 9.17) is 4.74 Å². The maximum atomic E-state index is 14.2. The number of hydrogen-bond acceptors (Lipinski definition) is 6. The fourth-order valence-electron chi connectivity index (χ4n) is 6.67. The molecule has 3 aromatic rings. The van der Waals surface area contributed by atoms with Crippen LogP contribution in [0.15, 0.2) is 72.9 Å². The molecule has 1 aliphatic carbocycles. The molecule has 8 nitrogen and oxygen atoms in total. The van der Waals surface area contributed by atoms with E-state index in [1.807, 2.05) is 65.6 Å². The summed E-state index contributed by atoms with van der Waals surface area (Å²) in [7, 11) is 0. The fraction of sp³-hybridized carbons (Fsp3) is 0.444. The number of nitriles is 1. The second-order valence-corrected chi connectivity index (χ2v) is 12.6. The van der Waals surface area contributed by atoms with Crippen molar-refractivity contribution in [1.29, 1.82) is 5.26 Å². The number of amides is 2. The smallest absolute Gasteiger partial charge is 0.257 e. The molecule has 0 N–H and O–H groups in total. The first-order valence-corrected chi connectivity index (χ1v) is 16.0. The Morgan fingerprint density at radius 1 is 0.909 bits per heavy atom. The molecule has 3 aliphatic rings. The lowest BCUT2D eigenvalue weighted by Crippen LogP contribution is -2.48. The number of piperidine rings is 1. The number of carbonyl (C=O) groups is 2. The van der Waals surface area contributed by atoms with E-state index in [-0.39, 0.29) is 17.2 Å². The second-order valence-electron chi connectivity index (χ2n) is 12.6. The van der Waals surface area contributed by atoms with E-state index < -0.39 is 0 Å². The van der Waals surface area contributed by atoms with Gasteiger partial charge in [-0.05, 0) is 68.4 Å². The summed E-state index contributed by atoms with van der Waals surface area (Å²) in [6.45, 7) is 4.39. The molecule has 0 bridgehead atoms. The van der Waals surface area contributed by atoms with Crippen LogP contribution in [0.4, 0.5) is 5.82 Å². The minimum Gasteiger partial charge on any atom is -0.492 e. The van der Waals surface area contributed by atoms with E-state index in [0.717, 1.165) is 76.0 Å². The fourth-order valence-corrected chi connectivity index (χ4v) is 6.67. The highest BCUT2D eigenvalue weighted by atomic mass is 16.5. The van der Waals surface area contributed by atoms with Crippen molar-refractivity contribution in [3.05, 3.63) is 89.6 Å². The molecule has 228 valence electrons. The van der Waals surface area contributed by atoms with Gasteiger partial charge in [-0.2, -0.15) is 5.26 Å². The van der Waals surface area contributed by atoms with Crippen LogP contribution < -0.4 is 9.64 Å². The van der Waals surface area contributed by atoms with Crippen LogP contribution in [-0.4, -0.2) is 65.9 Å². The number of aromatic nitrogens is 1. The van der Waals surface area contributed by atoms with Gasteiger partial charge < -0.3 is 19.4 Å². The molecular weight excluding hydrogens is 550 g/mol. The van der Waals surface area contributed by atoms with E-state index in [0.29, 0.717) is 49.0 Å². The number of ether oxygens (including phenoxy) is 1. The molecule has 1 saturated heterocycles. The Morgan fingerprint density at radius 2 is 1.68 bits per heavy atom. The van der Waals surface area contributed by atoms with E-state index >= 15 is 0 Å². The number of fused-ring (bicyclic) bond motifs is 1. The maximum absolute atomic E-state index is 14.2. The number of rotatable bonds is 4. The van der Waals surface area contributed by atoms with Gasteiger partial charge in [0.1, 0.15) is 17.6 Å². The topological polar surface area (TPSA) is 89.8 Å². The molecule has 1 aromatic heterocycles. The summed E-state index contributed by atoms with van der Waals surface area (Å²) >= 11 is 0. The van der Waals surface area contributed by atoms with Gasteiger partial charge in [0.05, 0.1) is 17.7 Å². The number of nitrogens with zero attached hydrogens (tertiary/aromatic N) is 5. The third-order valence-electron chi connectivity index (χ3n) is 9.72. The molecule has 2 amide bonds.